The SMILES string of the molecule is CC(C(=O)NCCCO)N(Cc1ccc(F)cc1)C(=O)COc1ccc(S(=O)(=O)N2CCOCC2)cc1. The molecule has 1 heterocycles. The molecule has 12 heteroatoms. The molecule has 10 nitrogen and oxygen atoms in total. The fraction of sp³-hybridized carbons (Fsp3) is 0.440. The number of carbonyl (C=O) groups excluding carboxylic acids is 2. The van der Waals surface area contributed by atoms with E-state index in [-0.39, 0.29) is 43.4 Å². The van der Waals surface area contributed by atoms with Gasteiger partial charge in [0.05, 0.1) is 18.1 Å². The number of rotatable bonds is 12. The topological polar surface area (TPSA) is 125 Å². The molecule has 0 spiro atoms. The van der Waals surface area contributed by atoms with Crippen molar-refractivity contribution in [1.29, 1.82) is 0 Å². The van der Waals surface area contributed by atoms with Gasteiger partial charge in [0, 0.05) is 32.8 Å². The van der Waals surface area contributed by atoms with Gasteiger partial charge in [-0.25, -0.2) is 12.8 Å². The van der Waals surface area contributed by atoms with Crippen molar-refractivity contribution in [3.05, 3.63) is 59.9 Å². The van der Waals surface area contributed by atoms with E-state index in [0.717, 1.165) is 0 Å². The number of aliphatic hydroxyl groups is 1. The zero-order valence-corrected chi connectivity index (χ0v) is 21.5. The Hall–Kier alpha value is -3.06. The third-order valence-electron chi connectivity index (χ3n) is 5.86. The number of nitrogens with zero attached hydrogens (tertiary/aromatic N) is 2. The largest absolute Gasteiger partial charge is 0.484 e. The average Bonchev–Trinajstić information content (AvgIpc) is 2.91. The van der Waals surface area contributed by atoms with Gasteiger partial charge in [0.1, 0.15) is 17.6 Å². The molecule has 1 fully saturated rings. The maximum absolute atomic E-state index is 13.3. The highest BCUT2D eigenvalue weighted by Gasteiger charge is 2.28. The summed E-state index contributed by atoms with van der Waals surface area (Å²) in [5, 5.41) is 11.6. The molecule has 1 aliphatic heterocycles. The molecule has 3 rings (SSSR count). The fourth-order valence-electron chi connectivity index (χ4n) is 3.68. The molecule has 0 aliphatic carbocycles. The number of aliphatic hydroxyl groups excluding tert-OH is 1. The van der Waals surface area contributed by atoms with Gasteiger partial charge in [-0.1, -0.05) is 12.1 Å². The second-order valence-electron chi connectivity index (χ2n) is 8.47. The lowest BCUT2D eigenvalue weighted by atomic mass is 10.1. The molecule has 1 atom stereocenters. The number of sulfonamides is 1. The molecule has 2 N–H and O–H groups in total. The number of benzene rings is 2. The number of hydrogen-bond acceptors (Lipinski definition) is 7. The number of halogens is 1. The Morgan fingerprint density at radius 2 is 1.78 bits per heavy atom. The summed E-state index contributed by atoms with van der Waals surface area (Å²) < 4.78 is 51.0. The van der Waals surface area contributed by atoms with Crippen LogP contribution >= 0.6 is 0 Å². The van der Waals surface area contributed by atoms with Crippen LogP contribution in [0, 0.1) is 5.82 Å². The van der Waals surface area contributed by atoms with Crippen molar-refractivity contribution in [3.8, 4) is 5.75 Å². The van der Waals surface area contributed by atoms with Crippen molar-refractivity contribution in [3.63, 3.8) is 0 Å². The molecule has 2 aromatic rings. The van der Waals surface area contributed by atoms with E-state index in [4.69, 9.17) is 14.6 Å². The Labute approximate surface area is 216 Å². The minimum absolute atomic E-state index is 0.0494. The third kappa shape index (κ3) is 7.96. The first-order valence-electron chi connectivity index (χ1n) is 12.0. The summed E-state index contributed by atoms with van der Waals surface area (Å²) >= 11 is 0. The number of ether oxygens (including phenoxy) is 2. The standard InChI is InChI=1S/C25H32FN3O7S/c1-19(25(32)27-11-2-14-30)29(17-20-3-5-21(26)6-4-20)24(31)18-36-22-7-9-23(10-8-22)37(33,34)28-12-15-35-16-13-28/h3-10,19,30H,2,11-18H2,1H3,(H,27,32). The summed E-state index contributed by atoms with van der Waals surface area (Å²) in [6, 6.07) is 10.5. The second-order valence-corrected chi connectivity index (χ2v) is 10.4. The first-order chi connectivity index (χ1) is 17.7. The lowest BCUT2D eigenvalue weighted by Gasteiger charge is -2.28. The first kappa shape index (κ1) is 28.5. The monoisotopic (exact) mass is 537 g/mol. The van der Waals surface area contributed by atoms with Gasteiger partial charge >= 0.3 is 0 Å². The van der Waals surface area contributed by atoms with Crippen LogP contribution in [0.5, 0.6) is 5.75 Å². The van der Waals surface area contributed by atoms with Crippen LogP contribution in [0.1, 0.15) is 18.9 Å². The van der Waals surface area contributed by atoms with Crippen LogP contribution in [0.2, 0.25) is 0 Å². The molecule has 0 radical (unpaired) electrons. The van der Waals surface area contributed by atoms with Gasteiger partial charge in [-0.2, -0.15) is 4.31 Å². The van der Waals surface area contributed by atoms with Crippen molar-refractivity contribution >= 4 is 21.8 Å². The average molecular weight is 538 g/mol. The van der Waals surface area contributed by atoms with Gasteiger partial charge in [0.25, 0.3) is 5.91 Å². The van der Waals surface area contributed by atoms with E-state index in [1.807, 2.05) is 0 Å². The van der Waals surface area contributed by atoms with Gasteiger partial charge in [-0.3, -0.25) is 9.59 Å². The maximum Gasteiger partial charge on any atom is 0.261 e. The van der Waals surface area contributed by atoms with Crippen molar-refractivity contribution in [2.45, 2.75) is 30.8 Å². The van der Waals surface area contributed by atoms with E-state index >= 15 is 0 Å². The summed E-state index contributed by atoms with van der Waals surface area (Å²) in [5.74, 6) is -1.02. The van der Waals surface area contributed by atoms with Gasteiger partial charge < -0.3 is 24.8 Å². The Balaban J connectivity index is 1.67. The number of carbonyl (C=O) groups is 2. The quantitative estimate of drug-likeness (QED) is 0.389. The van der Waals surface area contributed by atoms with Crippen LogP contribution in [0.25, 0.3) is 0 Å². The van der Waals surface area contributed by atoms with Gasteiger partial charge in [-0.05, 0) is 55.3 Å². The predicted molar refractivity (Wildman–Crippen MR) is 133 cm³/mol. The number of morpholine rings is 1. The van der Waals surface area contributed by atoms with Crippen molar-refractivity contribution in [1.82, 2.24) is 14.5 Å². The molecule has 2 aromatic carbocycles. The molecular formula is C25H32FN3O7S. The Kier molecular flexibility index (Phi) is 10.4. The van der Waals surface area contributed by atoms with Crippen LogP contribution in [0.4, 0.5) is 4.39 Å². The van der Waals surface area contributed by atoms with Gasteiger partial charge in [0.2, 0.25) is 15.9 Å². The van der Waals surface area contributed by atoms with Crippen molar-refractivity contribution < 1.29 is 37.0 Å². The number of amides is 2. The van der Waals surface area contributed by atoms with E-state index in [2.05, 4.69) is 5.32 Å². The highest BCUT2D eigenvalue weighted by atomic mass is 32.2. The smallest absolute Gasteiger partial charge is 0.261 e. The number of nitrogens with one attached hydrogen (secondary N) is 1. The van der Waals surface area contributed by atoms with Gasteiger partial charge in [0.15, 0.2) is 6.61 Å². The van der Waals surface area contributed by atoms with Crippen LogP contribution in [-0.2, 0) is 30.9 Å². The van der Waals surface area contributed by atoms with Crippen molar-refractivity contribution in [2.75, 3.05) is 46.1 Å². The van der Waals surface area contributed by atoms with Crippen LogP contribution in [0.3, 0.4) is 0 Å². The molecule has 2 amide bonds. The summed E-state index contributed by atoms with van der Waals surface area (Å²) in [7, 11) is -3.66. The molecule has 1 unspecified atom stereocenters. The van der Waals surface area contributed by atoms with E-state index < -0.39 is 40.3 Å². The van der Waals surface area contributed by atoms with Crippen LogP contribution in [0.15, 0.2) is 53.4 Å². The zero-order valence-electron chi connectivity index (χ0n) is 20.6. The molecular weight excluding hydrogens is 505 g/mol. The molecule has 1 aliphatic rings. The summed E-state index contributed by atoms with van der Waals surface area (Å²) in [5.41, 5.74) is 0.627. The minimum atomic E-state index is -3.66. The van der Waals surface area contributed by atoms with Crippen molar-refractivity contribution in [2.24, 2.45) is 0 Å². The van der Waals surface area contributed by atoms with E-state index in [0.29, 0.717) is 25.2 Å². The Morgan fingerprint density at radius 1 is 1.14 bits per heavy atom. The lowest BCUT2D eigenvalue weighted by molar-refractivity contribution is -0.142. The van der Waals surface area contributed by atoms with E-state index in [1.54, 1.807) is 6.92 Å². The highest BCUT2D eigenvalue weighted by Crippen LogP contribution is 2.21. The molecule has 0 bridgehead atoms. The first-order valence-corrected chi connectivity index (χ1v) is 13.4. The summed E-state index contributed by atoms with van der Waals surface area (Å²) in [6.45, 7) is 2.65. The minimum Gasteiger partial charge on any atom is -0.484 e. The molecule has 202 valence electrons. The highest BCUT2D eigenvalue weighted by molar-refractivity contribution is 7.89. The Morgan fingerprint density at radius 3 is 2.41 bits per heavy atom. The maximum atomic E-state index is 13.3. The zero-order chi connectivity index (χ0) is 26.8. The summed E-state index contributed by atoms with van der Waals surface area (Å²) in [4.78, 5) is 27.1. The van der Waals surface area contributed by atoms with Crippen LogP contribution in [-0.4, -0.2) is 86.6 Å². The fourth-order valence-corrected chi connectivity index (χ4v) is 5.09. The normalized spacial score (nSPS) is 15.1. The van der Waals surface area contributed by atoms with E-state index in [1.165, 1.54) is 57.7 Å². The van der Waals surface area contributed by atoms with Gasteiger partial charge in [-0.15, -0.1) is 0 Å². The second kappa shape index (κ2) is 13.5. The third-order valence-corrected chi connectivity index (χ3v) is 7.77. The molecule has 1 saturated heterocycles. The van der Waals surface area contributed by atoms with Crippen LogP contribution < -0.4 is 10.1 Å². The van der Waals surface area contributed by atoms with E-state index in [9.17, 15) is 22.4 Å². The summed E-state index contributed by atoms with van der Waals surface area (Å²) in [6.07, 6.45) is 0.380. The predicted octanol–water partition coefficient (Wildman–Crippen LogP) is 1.14. The Bertz CT molecular complexity index is 1140. The molecule has 0 saturated carbocycles. The molecule has 0 aromatic heterocycles. The lowest BCUT2D eigenvalue weighted by Crippen LogP contribution is -2.49. The number of hydrogen-bond donors (Lipinski definition) is 2. The molecule has 37 heavy (non-hydrogen) atoms.